The second kappa shape index (κ2) is 6.94. The predicted octanol–water partition coefficient (Wildman–Crippen LogP) is 4.31. The Morgan fingerprint density at radius 1 is 1.12 bits per heavy atom. The Labute approximate surface area is 148 Å². The average Bonchev–Trinajstić information content (AvgIpc) is 2.98. The van der Waals surface area contributed by atoms with E-state index in [0.29, 0.717) is 44.1 Å². The van der Waals surface area contributed by atoms with Gasteiger partial charge in [-0.2, -0.15) is 0 Å². The fourth-order valence-electron chi connectivity index (χ4n) is 2.26. The van der Waals surface area contributed by atoms with Gasteiger partial charge in [0.2, 0.25) is 0 Å². The number of ether oxygens (including phenoxy) is 2. The molecule has 1 heterocycles. The van der Waals surface area contributed by atoms with Gasteiger partial charge in [-0.25, -0.2) is 0 Å². The molecule has 8 heteroatoms. The van der Waals surface area contributed by atoms with E-state index in [1.54, 1.807) is 38.5 Å². The Morgan fingerprint density at radius 2 is 1.92 bits per heavy atom. The van der Waals surface area contributed by atoms with Crippen LogP contribution in [0.4, 0.5) is 11.5 Å². The summed E-state index contributed by atoms with van der Waals surface area (Å²) in [6.45, 7) is 0. The zero-order valence-corrected chi connectivity index (χ0v) is 14.5. The lowest BCUT2D eigenvalue weighted by molar-refractivity contribution is 0.417. The van der Waals surface area contributed by atoms with Crippen molar-refractivity contribution in [3.63, 3.8) is 0 Å². The molecule has 3 aromatic rings. The molecule has 0 radical (unpaired) electrons. The van der Waals surface area contributed by atoms with Crippen molar-refractivity contribution in [3.8, 4) is 11.5 Å². The number of nitrogens with one attached hydrogen (secondary N) is 2. The van der Waals surface area contributed by atoms with E-state index in [0.717, 1.165) is 0 Å². The first-order valence-corrected chi connectivity index (χ1v) is 7.75. The average molecular weight is 364 g/mol. The van der Waals surface area contributed by atoms with Crippen molar-refractivity contribution in [2.45, 2.75) is 0 Å². The van der Waals surface area contributed by atoms with Crippen LogP contribution in [0, 0.1) is 0 Å². The van der Waals surface area contributed by atoms with Gasteiger partial charge in [-0.15, -0.1) is 0 Å². The van der Waals surface area contributed by atoms with Crippen molar-refractivity contribution in [2.24, 2.45) is 0 Å². The first kappa shape index (κ1) is 16.4. The number of aromatic nitrogens is 1. The number of hydrogen-bond acceptors (Lipinski definition) is 5. The van der Waals surface area contributed by atoms with Crippen molar-refractivity contribution < 1.29 is 14.0 Å². The smallest absolute Gasteiger partial charge is 0.187 e. The van der Waals surface area contributed by atoms with Gasteiger partial charge in [0.15, 0.2) is 16.5 Å². The molecule has 3 rings (SSSR count). The fourth-order valence-corrected chi connectivity index (χ4v) is 2.63. The van der Waals surface area contributed by atoms with Gasteiger partial charge in [-0.1, -0.05) is 22.8 Å². The molecule has 0 unspecified atom stereocenters. The minimum absolute atomic E-state index is 0.316. The van der Waals surface area contributed by atoms with Crippen LogP contribution in [0.5, 0.6) is 11.5 Å². The van der Waals surface area contributed by atoms with E-state index in [1.807, 2.05) is 12.1 Å². The molecular weight excluding hydrogens is 350 g/mol. The molecule has 2 aromatic carbocycles. The molecule has 1 aromatic heterocycles. The summed E-state index contributed by atoms with van der Waals surface area (Å²) in [6.07, 6.45) is 0. The molecular formula is C16H14ClN3O3S. The lowest BCUT2D eigenvalue weighted by atomic mass is 10.2. The van der Waals surface area contributed by atoms with Crippen LogP contribution in [0.15, 0.2) is 40.9 Å². The predicted molar refractivity (Wildman–Crippen MR) is 98.4 cm³/mol. The lowest BCUT2D eigenvalue weighted by Crippen LogP contribution is -2.19. The molecule has 0 fully saturated rings. The van der Waals surface area contributed by atoms with Gasteiger partial charge in [0, 0.05) is 5.02 Å². The number of halogens is 1. The maximum atomic E-state index is 6.01. The highest BCUT2D eigenvalue weighted by molar-refractivity contribution is 7.80. The molecule has 0 amide bonds. The largest absolute Gasteiger partial charge is 0.496 e. The van der Waals surface area contributed by atoms with Crippen molar-refractivity contribution in [3.05, 3.63) is 41.4 Å². The maximum Gasteiger partial charge on any atom is 0.187 e. The Hall–Kier alpha value is -2.51. The molecule has 2 N–H and O–H groups in total. The van der Waals surface area contributed by atoms with E-state index in [1.165, 1.54) is 0 Å². The normalized spacial score (nSPS) is 10.5. The summed E-state index contributed by atoms with van der Waals surface area (Å²) in [5, 5.41) is 11.6. The SMILES string of the molecule is COc1ccc(Cl)cc1NC(=S)Nc1noc2cccc(OC)c12. The van der Waals surface area contributed by atoms with E-state index in [2.05, 4.69) is 15.8 Å². The quantitative estimate of drug-likeness (QED) is 0.669. The molecule has 0 spiro atoms. The van der Waals surface area contributed by atoms with Gasteiger partial charge >= 0.3 is 0 Å². The van der Waals surface area contributed by atoms with Crippen molar-refractivity contribution in [1.82, 2.24) is 5.16 Å². The van der Waals surface area contributed by atoms with Crippen molar-refractivity contribution in [1.29, 1.82) is 0 Å². The van der Waals surface area contributed by atoms with Crippen LogP contribution in [0.2, 0.25) is 5.02 Å². The van der Waals surface area contributed by atoms with Crippen molar-refractivity contribution >= 4 is 51.4 Å². The highest BCUT2D eigenvalue weighted by Gasteiger charge is 2.15. The van der Waals surface area contributed by atoms with Gasteiger partial charge < -0.3 is 24.6 Å². The fraction of sp³-hybridized carbons (Fsp3) is 0.125. The maximum absolute atomic E-state index is 6.01. The summed E-state index contributed by atoms with van der Waals surface area (Å²) in [5.74, 6) is 1.71. The third-order valence-electron chi connectivity index (χ3n) is 3.32. The van der Waals surface area contributed by atoms with Crippen LogP contribution in [-0.2, 0) is 0 Å². The lowest BCUT2D eigenvalue weighted by Gasteiger charge is -2.13. The second-order valence-corrected chi connectivity index (χ2v) is 5.63. The minimum atomic E-state index is 0.316. The number of fused-ring (bicyclic) bond motifs is 1. The van der Waals surface area contributed by atoms with E-state index in [9.17, 15) is 0 Å². The minimum Gasteiger partial charge on any atom is -0.496 e. The first-order valence-electron chi connectivity index (χ1n) is 6.96. The van der Waals surface area contributed by atoms with Gasteiger partial charge in [0.05, 0.1) is 19.9 Å². The summed E-state index contributed by atoms with van der Waals surface area (Å²) in [7, 11) is 3.15. The summed E-state index contributed by atoms with van der Waals surface area (Å²) >= 11 is 11.3. The Morgan fingerprint density at radius 3 is 2.67 bits per heavy atom. The van der Waals surface area contributed by atoms with Gasteiger partial charge in [-0.3, -0.25) is 0 Å². The topological polar surface area (TPSA) is 68.5 Å². The van der Waals surface area contributed by atoms with Gasteiger partial charge in [0.25, 0.3) is 0 Å². The number of benzene rings is 2. The Kier molecular flexibility index (Phi) is 4.73. The number of anilines is 2. The number of methoxy groups -OCH3 is 2. The standard InChI is InChI=1S/C16H14ClN3O3S/c1-21-11-7-6-9(17)8-10(11)18-16(24)19-15-14-12(22-2)4-3-5-13(14)23-20-15/h3-8H,1-2H3,(H2,18,19,20,24). The molecule has 0 aliphatic carbocycles. The molecule has 0 atom stereocenters. The third-order valence-corrected chi connectivity index (χ3v) is 3.76. The third kappa shape index (κ3) is 3.22. The van der Waals surface area contributed by atoms with Crippen LogP contribution in [0.3, 0.4) is 0 Å². The van der Waals surface area contributed by atoms with Crippen LogP contribution < -0.4 is 20.1 Å². The summed E-state index contributed by atoms with van der Waals surface area (Å²) < 4.78 is 15.9. The van der Waals surface area contributed by atoms with Crippen LogP contribution >= 0.6 is 23.8 Å². The summed E-state index contributed by atoms with van der Waals surface area (Å²) in [6, 6.07) is 10.6. The number of thiocarbonyl (C=S) groups is 1. The second-order valence-electron chi connectivity index (χ2n) is 4.79. The van der Waals surface area contributed by atoms with E-state index in [4.69, 9.17) is 37.8 Å². The Bertz CT molecular complexity index is 897. The van der Waals surface area contributed by atoms with Crippen LogP contribution in [0.1, 0.15) is 0 Å². The first-order chi connectivity index (χ1) is 11.6. The van der Waals surface area contributed by atoms with Gasteiger partial charge in [0.1, 0.15) is 16.9 Å². The molecule has 0 aliphatic heterocycles. The monoisotopic (exact) mass is 363 g/mol. The van der Waals surface area contributed by atoms with Crippen molar-refractivity contribution in [2.75, 3.05) is 24.9 Å². The van der Waals surface area contributed by atoms with Gasteiger partial charge in [-0.05, 0) is 42.5 Å². The number of rotatable bonds is 4. The molecule has 124 valence electrons. The molecule has 0 aliphatic rings. The zero-order valence-electron chi connectivity index (χ0n) is 12.9. The highest BCUT2D eigenvalue weighted by Crippen LogP contribution is 2.32. The highest BCUT2D eigenvalue weighted by atomic mass is 35.5. The van der Waals surface area contributed by atoms with E-state index in [-0.39, 0.29) is 0 Å². The van der Waals surface area contributed by atoms with Crippen LogP contribution in [0.25, 0.3) is 11.0 Å². The molecule has 0 bridgehead atoms. The summed E-state index contributed by atoms with van der Waals surface area (Å²) in [4.78, 5) is 0. The molecule has 0 saturated carbocycles. The molecule has 6 nitrogen and oxygen atoms in total. The van der Waals surface area contributed by atoms with Crippen LogP contribution in [-0.4, -0.2) is 24.5 Å². The summed E-state index contributed by atoms with van der Waals surface area (Å²) in [5.41, 5.74) is 1.24. The zero-order chi connectivity index (χ0) is 17.1. The number of hydrogen-bond donors (Lipinski definition) is 2. The Balaban J connectivity index is 1.85. The van der Waals surface area contributed by atoms with E-state index < -0.39 is 0 Å². The molecule has 0 saturated heterocycles. The molecule has 24 heavy (non-hydrogen) atoms. The number of nitrogens with zero attached hydrogens (tertiary/aromatic N) is 1. The van der Waals surface area contributed by atoms with E-state index >= 15 is 0 Å².